The summed E-state index contributed by atoms with van der Waals surface area (Å²) in [6.07, 6.45) is 2.24. The Bertz CT molecular complexity index is 608. The summed E-state index contributed by atoms with van der Waals surface area (Å²) in [4.78, 5) is 10.6. The topological polar surface area (TPSA) is 69.2 Å². The fraction of sp³-hybridized carbons (Fsp3) is 0.294. The highest BCUT2D eigenvalue weighted by molar-refractivity contribution is 5.40. The Morgan fingerprint density at radius 2 is 1.81 bits per heavy atom. The highest BCUT2D eigenvalue weighted by Crippen LogP contribution is 2.20. The molecule has 0 radical (unpaired) electrons. The number of nitrogens with two attached hydrogens (primary N) is 1. The van der Waals surface area contributed by atoms with Crippen LogP contribution in [0.2, 0.25) is 0 Å². The molecule has 0 saturated heterocycles. The van der Waals surface area contributed by atoms with E-state index in [4.69, 9.17) is 5.73 Å². The van der Waals surface area contributed by atoms with Crippen LogP contribution in [-0.2, 0) is 12.8 Å². The summed E-state index contributed by atoms with van der Waals surface area (Å²) in [6.45, 7) is 2.06. The van der Waals surface area contributed by atoms with Gasteiger partial charge in [-0.05, 0) is 31.7 Å². The molecule has 21 heavy (non-hydrogen) atoms. The minimum absolute atomic E-state index is 0.0765. The third kappa shape index (κ3) is 4.39. The van der Waals surface area contributed by atoms with Gasteiger partial charge in [-0.1, -0.05) is 48.0 Å². The van der Waals surface area contributed by atoms with Crippen LogP contribution in [0, 0.1) is 17.0 Å². The van der Waals surface area contributed by atoms with Crippen molar-refractivity contribution in [3.05, 3.63) is 75.3 Å². The maximum absolute atomic E-state index is 11.0. The lowest BCUT2D eigenvalue weighted by atomic mass is 9.98. The molecule has 2 rings (SSSR count). The Kier molecular flexibility index (Phi) is 5.06. The molecule has 2 N–H and O–H groups in total. The molecule has 4 nitrogen and oxygen atoms in total. The van der Waals surface area contributed by atoms with Gasteiger partial charge in [0.05, 0.1) is 4.92 Å². The molecule has 0 fully saturated rings. The number of para-hydroxylation sites is 1. The van der Waals surface area contributed by atoms with Crippen LogP contribution in [0.4, 0.5) is 5.69 Å². The SMILES string of the molecule is Cc1ccc(CCC(N)Cc2ccccc2[N+](=O)[O-])cc1. The molecule has 0 aliphatic heterocycles. The monoisotopic (exact) mass is 284 g/mol. The third-order valence-electron chi connectivity index (χ3n) is 3.59. The second-order valence-corrected chi connectivity index (χ2v) is 5.37. The van der Waals surface area contributed by atoms with E-state index in [0.717, 1.165) is 12.8 Å². The molecule has 0 aromatic heterocycles. The number of aryl methyl sites for hydroxylation is 2. The summed E-state index contributed by atoms with van der Waals surface area (Å²) < 4.78 is 0. The van der Waals surface area contributed by atoms with Crippen LogP contribution in [-0.4, -0.2) is 11.0 Å². The first kappa shape index (κ1) is 15.2. The zero-order chi connectivity index (χ0) is 15.2. The molecule has 4 heteroatoms. The maximum Gasteiger partial charge on any atom is 0.272 e. The lowest BCUT2D eigenvalue weighted by Gasteiger charge is -2.12. The summed E-state index contributed by atoms with van der Waals surface area (Å²) in [5, 5.41) is 11.0. The van der Waals surface area contributed by atoms with Gasteiger partial charge in [-0.3, -0.25) is 10.1 Å². The van der Waals surface area contributed by atoms with E-state index >= 15 is 0 Å². The van der Waals surface area contributed by atoms with Crippen molar-refractivity contribution < 1.29 is 4.92 Å². The molecule has 2 aromatic carbocycles. The molecule has 0 amide bonds. The number of hydrogen-bond donors (Lipinski definition) is 1. The van der Waals surface area contributed by atoms with Crippen molar-refractivity contribution in [2.24, 2.45) is 5.73 Å². The van der Waals surface area contributed by atoms with Gasteiger partial charge in [-0.25, -0.2) is 0 Å². The average molecular weight is 284 g/mol. The molecule has 0 spiro atoms. The van der Waals surface area contributed by atoms with E-state index in [1.54, 1.807) is 12.1 Å². The van der Waals surface area contributed by atoms with Crippen LogP contribution < -0.4 is 5.73 Å². The predicted octanol–water partition coefficient (Wildman–Crippen LogP) is 3.41. The second kappa shape index (κ2) is 6.99. The average Bonchev–Trinajstić information content (AvgIpc) is 2.47. The van der Waals surface area contributed by atoms with Crippen LogP contribution in [0.3, 0.4) is 0 Å². The quantitative estimate of drug-likeness (QED) is 0.653. The first-order chi connectivity index (χ1) is 10.1. The fourth-order valence-corrected chi connectivity index (χ4v) is 2.35. The van der Waals surface area contributed by atoms with Gasteiger partial charge in [-0.15, -0.1) is 0 Å². The van der Waals surface area contributed by atoms with Crippen molar-refractivity contribution in [3.63, 3.8) is 0 Å². The van der Waals surface area contributed by atoms with Crippen LogP contribution in [0.5, 0.6) is 0 Å². The van der Waals surface area contributed by atoms with Crippen molar-refractivity contribution in [2.45, 2.75) is 32.2 Å². The van der Waals surface area contributed by atoms with Gasteiger partial charge >= 0.3 is 0 Å². The Hall–Kier alpha value is -2.20. The van der Waals surface area contributed by atoms with Crippen molar-refractivity contribution in [1.82, 2.24) is 0 Å². The molecule has 0 aliphatic carbocycles. The second-order valence-electron chi connectivity index (χ2n) is 5.37. The Labute approximate surface area is 124 Å². The number of nitrogens with zero attached hydrogens (tertiary/aromatic N) is 1. The van der Waals surface area contributed by atoms with E-state index in [1.165, 1.54) is 17.2 Å². The van der Waals surface area contributed by atoms with E-state index in [0.29, 0.717) is 12.0 Å². The maximum atomic E-state index is 11.0. The minimum atomic E-state index is -0.345. The zero-order valence-corrected chi connectivity index (χ0v) is 12.2. The van der Waals surface area contributed by atoms with Gasteiger partial charge in [0.25, 0.3) is 5.69 Å². The molecule has 0 aliphatic rings. The summed E-state index contributed by atoms with van der Waals surface area (Å²) in [6, 6.07) is 15.1. The molecular formula is C17H20N2O2. The van der Waals surface area contributed by atoms with Gasteiger partial charge in [-0.2, -0.15) is 0 Å². The van der Waals surface area contributed by atoms with Crippen LogP contribution >= 0.6 is 0 Å². The lowest BCUT2D eigenvalue weighted by molar-refractivity contribution is -0.385. The molecular weight excluding hydrogens is 264 g/mol. The molecule has 0 saturated carbocycles. The van der Waals surface area contributed by atoms with Crippen LogP contribution in [0.1, 0.15) is 23.1 Å². The number of benzene rings is 2. The molecule has 0 bridgehead atoms. The highest BCUT2D eigenvalue weighted by atomic mass is 16.6. The van der Waals surface area contributed by atoms with E-state index in [-0.39, 0.29) is 16.7 Å². The summed E-state index contributed by atoms with van der Waals surface area (Å²) >= 11 is 0. The zero-order valence-electron chi connectivity index (χ0n) is 12.2. The van der Waals surface area contributed by atoms with Gasteiger partial charge in [0.1, 0.15) is 0 Å². The van der Waals surface area contributed by atoms with Crippen molar-refractivity contribution in [3.8, 4) is 0 Å². The van der Waals surface area contributed by atoms with Crippen LogP contribution in [0.25, 0.3) is 0 Å². The van der Waals surface area contributed by atoms with Gasteiger partial charge in [0.15, 0.2) is 0 Å². The first-order valence-corrected chi connectivity index (χ1v) is 7.09. The van der Waals surface area contributed by atoms with Crippen LogP contribution in [0.15, 0.2) is 48.5 Å². The summed E-state index contributed by atoms with van der Waals surface area (Å²) in [5.41, 5.74) is 9.48. The number of nitro benzene ring substituents is 1. The highest BCUT2D eigenvalue weighted by Gasteiger charge is 2.15. The van der Waals surface area contributed by atoms with E-state index in [2.05, 4.69) is 31.2 Å². The number of hydrogen-bond acceptors (Lipinski definition) is 3. The Balaban J connectivity index is 1.94. The molecule has 1 unspecified atom stereocenters. The van der Waals surface area contributed by atoms with Gasteiger partial charge < -0.3 is 5.73 Å². The van der Waals surface area contributed by atoms with E-state index in [1.807, 2.05) is 6.07 Å². The standard InChI is InChI=1S/C17H20N2O2/c1-13-6-8-14(9-7-13)10-11-16(18)12-15-4-2-3-5-17(15)19(20)21/h2-9,16H,10-12,18H2,1H3. The number of nitro groups is 1. The predicted molar refractivity (Wildman–Crippen MR) is 84.3 cm³/mol. The van der Waals surface area contributed by atoms with Crippen molar-refractivity contribution in [1.29, 1.82) is 0 Å². The molecule has 0 heterocycles. The van der Waals surface area contributed by atoms with E-state index in [9.17, 15) is 10.1 Å². The van der Waals surface area contributed by atoms with Gasteiger partial charge in [0, 0.05) is 17.7 Å². The number of rotatable bonds is 6. The molecule has 2 aromatic rings. The normalized spacial score (nSPS) is 12.1. The first-order valence-electron chi connectivity index (χ1n) is 7.09. The Morgan fingerprint density at radius 3 is 2.48 bits per heavy atom. The van der Waals surface area contributed by atoms with Gasteiger partial charge in [0.2, 0.25) is 0 Å². The van der Waals surface area contributed by atoms with Crippen molar-refractivity contribution in [2.75, 3.05) is 0 Å². The molecule has 110 valence electrons. The fourth-order valence-electron chi connectivity index (χ4n) is 2.35. The largest absolute Gasteiger partial charge is 0.327 e. The Morgan fingerprint density at radius 1 is 1.14 bits per heavy atom. The smallest absolute Gasteiger partial charge is 0.272 e. The minimum Gasteiger partial charge on any atom is -0.327 e. The van der Waals surface area contributed by atoms with E-state index < -0.39 is 0 Å². The third-order valence-corrected chi connectivity index (χ3v) is 3.59. The summed E-state index contributed by atoms with van der Waals surface area (Å²) in [7, 11) is 0. The molecule has 1 atom stereocenters. The summed E-state index contributed by atoms with van der Waals surface area (Å²) in [5.74, 6) is 0. The van der Waals surface area contributed by atoms with Crippen molar-refractivity contribution >= 4 is 5.69 Å². The lowest BCUT2D eigenvalue weighted by Crippen LogP contribution is -2.24.